The summed E-state index contributed by atoms with van der Waals surface area (Å²) in [6.45, 7) is 8.86. The van der Waals surface area contributed by atoms with Crippen molar-refractivity contribution in [3.8, 4) is 0 Å². The number of carbonyl (C=O) groups excluding carboxylic acids is 1. The van der Waals surface area contributed by atoms with Crippen LogP contribution in [-0.4, -0.2) is 46.4 Å². The van der Waals surface area contributed by atoms with E-state index in [4.69, 9.17) is 9.26 Å². The number of nitrogens with zero attached hydrogens (tertiary/aromatic N) is 3. The van der Waals surface area contributed by atoms with Gasteiger partial charge in [0.2, 0.25) is 6.39 Å². The molecule has 2 rings (SSSR count). The van der Waals surface area contributed by atoms with Gasteiger partial charge in [0, 0.05) is 13.1 Å². The van der Waals surface area contributed by atoms with Gasteiger partial charge in [-0.15, -0.1) is 0 Å². The minimum Gasteiger partial charge on any atom is -0.444 e. The van der Waals surface area contributed by atoms with E-state index in [2.05, 4.69) is 20.4 Å². The van der Waals surface area contributed by atoms with Gasteiger partial charge in [0.25, 0.3) is 0 Å². The van der Waals surface area contributed by atoms with Crippen LogP contribution in [0.25, 0.3) is 0 Å². The SMILES string of the molecule is CC(C)(C)OC(=O)NC[C@@H]1CCCN(Cc2ncon2)C1. The van der Waals surface area contributed by atoms with E-state index in [1.165, 1.54) is 6.39 Å². The number of amides is 1. The summed E-state index contributed by atoms with van der Waals surface area (Å²) in [5.41, 5.74) is -0.457. The van der Waals surface area contributed by atoms with Crippen LogP contribution in [0.2, 0.25) is 0 Å². The molecule has 2 heterocycles. The Hall–Kier alpha value is -1.63. The lowest BCUT2D eigenvalue weighted by Gasteiger charge is -2.32. The third kappa shape index (κ3) is 5.71. The summed E-state index contributed by atoms with van der Waals surface area (Å²) in [6.07, 6.45) is 3.22. The number of likely N-dealkylation sites (tertiary alicyclic amines) is 1. The summed E-state index contributed by atoms with van der Waals surface area (Å²) in [4.78, 5) is 18.0. The number of ether oxygens (including phenoxy) is 1. The van der Waals surface area contributed by atoms with E-state index in [1.807, 2.05) is 20.8 Å². The van der Waals surface area contributed by atoms with Gasteiger partial charge in [-0.05, 0) is 46.1 Å². The molecule has 1 aromatic heterocycles. The highest BCUT2D eigenvalue weighted by Crippen LogP contribution is 2.17. The number of hydrogen-bond acceptors (Lipinski definition) is 6. The average Bonchev–Trinajstić information content (AvgIpc) is 2.88. The number of nitrogens with one attached hydrogen (secondary N) is 1. The first-order chi connectivity index (χ1) is 9.92. The molecule has 0 aromatic carbocycles. The molecule has 0 saturated carbocycles. The van der Waals surface area contributed by atoms with E-state index in [0.717, 1.165) is 25.9 Å². The summed E-state index contributed by atoms with van der Waals surface area (Å²) >= 11 is 0. The molecule has 0 bridgehead atoms. The topological polar surface area (TPSA) is 80.5 Å². The quantitative estimate of drug-likeness (QED) is 0.912. The molecule has 0 spiro atoms. The van der Waals surface area contributed by atoms with Gasteiger partial charge in [0.1, 0.15) is 5.60 Å². The van der Waals surface area contributed by atoms with Crippen molar-refractivity contribution in [2.75, 3.05) is 19.6 Å². The van der Waals surface area contributed by atoms with Crippen LogP contribution in [0.3, 0.4) is 0 Å². The van der Waals surface area contributed by atoms with Crippen LogP contribution >= 0.6 is 0 Å². The fourth-order valence-corrected chi connectivity index (χ4v) is 2.47. The van der Waals surface area contributed by atoms with E-state index in [9.17, 15) is 4.79 Å². The molecule has 21 heavy (non-hydrogen) atoms. The van der Waals surface area contributed by atoms with Gasteiger partial charge in [-0.3, -0.25) is 4.90 Å². The van der Waals surface area contributed by atoms with Crippen LogP contribution in [0.15, 0.2) is 10.9 Å². The first kappa shape index (κ1) is 15.8. The van der Waals surface area contributed by atoms with Gasteiger partial charge in [-0.25, -0.2) is 4.79 Å². The predicted molar refractivity (Wildman–Crippen MR) is 76.5 cm³/mol. The second-order valence-corrected chi connectivity index (χ2v) is 6.47. The first-order valence-electron chi connectivity index (χ1n) is 7.37. The third-order valence-corrected chi connectivity index (χ3v) is 3.31. The molecular weight excluding hydrogens is 272 g/mol. The van der Waals surface area contributed by atoms with Gasteiger partial charge in [-0.1, -0.05) is 5.16 Å². The maximum absolute atomic E-state index is 11.7. The van der Waals surface area contributed by atoms with Crippen molar-refractivity contribution in [1.29, 1.82) is 0 Å². The lowest BCUT2D eigenvalue weighted by molar-refractivity contribution is 0.0505. The first-order valence-corrected chi connectivity index (χ1v) is 7.37. The van der Waals surface area contributed by atoms with Crippen LogP contribution in [0.1, 0.15) is 39.4 Å². The predicted octanol–water partition coefficient (Wildman–Crippen LogP) is 1.81. The standard InChI is InChI=1S/C14H24N4O3/c1-14(2,3)21-13(19)15-7-11-5-4-6-18(8-11)9-12-16-10-20-17-12/h10-11H,4-9H2,1-3H3,(H,15,19)/t11-/m0/s1. The molecule has 7 heteroatoms. The van der Waals surface area contributed by atoms with Gasteiger partial charge in [0.05, 0.1) is 6.54 Å². The summed E-state index contributed by atoms with van der Waals surface area (Å²) in [5, 5.41) is 6.68. The Labute approximate surface area is 125 Å². The molecular formula is C14H24N4O3. The van der Waals surface area contributed by atoms with Gasteiger partial charge >= 0.3 is 6.09 Å². The highest BCUT2D eigenvalue weighted by Gasteiger charge is 2.22. The molecule has 0 radical (unpaired) electrons. The molecule has 1 atom stereocenters. The number of aromatic nitrogens is 2. The van der Waals surface area contributed by atoms with Crippen molar-refractivity contribution in [2.24, 2.45) is 5.92 Å². The van der Waals surface area contributed by atoms with Crippen molar-refractivity contribution in [2.45, 2.75) is 45.8 Å². The van der Waals surface area contributed by atoms with E-state index in [-0.39, 0.29) is 6.09 Å². The van der Waals surface area contributed by atoms with E-state index >= 15 is 0 Å². The fraction of sp³-hybridized carbons (Fsp3) is 0.786. The Morgan fingerprint density at radius 2 is 2.38 bits per heavy atom. The van der Waals surface area contributed by atoms with Gasteiger partial charge in [-0.2, -0.15) is 4.98 Å². The molecule has 118 valence electrons. The molecule has 0 unspecified atom stereocenters. The minimum atomic E-state index is -0.457. The number of carbonyl (C=O) groups is 1. The lowest BCUT2D eigenvalue weighted by atomic mass is 9.98. The molecule has 7 nitrogen and oxygen atoms in total. The maximum atomic E-state index is 11.7. The van der Waals surface area contributed by atoms with Crippen LogP contribution in [0, 0.1) is 5.92 Å². The molecule has 1 amide bonds. The molecule has 1 N–H and O–H groups in total. The summed E-state index contributed by atoms with van der Waals surface area (Å²) < 4.78 is 9.99. The van der Waals surface area contributed by atoms with Crippen molar-refractivity contribution in [1.82, 2.24) is 20.4 Å². The zero-order valence-corrected chi connectivity index (χ0v) is 13.0. The third-order valence-electron chi connectivity index (χ3n) is 3.31. The summed E-state index contributed by atoms with van der Waals surface area (Å²) in [7, 11) is 0. The average molecular weight is 296 g/mol. The molecule has 1 aliphatic rings. The number of rotatable bonds is 4. The van der Waals surface area contributed by atoms with Crippen LogP contribution in [0.5, 0.6) is 0 Å². The van der Waals surface area contributed by atoms with Gasteiger partial charge < -0.3 is 14.6 Å². The highest BCUT2D eigenvalue weighted by atomic mass is 16.6. The van der Waals surface area contributed by atoms with Gasteiger partial charge in [0.15, 0.2) is 5.82 Å². The minimum absolute atomic E-state index is 0.349. The number of alkyl carbamates (subject to hydrolysis) is 1. The number of piperidine rings is 1. The summed E-state index contributed by atoms with van der Waals surface area (Å²) in [6, 6.07) is 0. The van der Waals surface area contributed by atoms with E-state index < -0.39 is 5.60 Å². The second-order valence-electron chi connectivity index (χ2n) is 6.47. The zero-order chi connectivity index (χ0) is 15.3. The summed E-state index contributed by atoms with van der Waals surface area (Å²) in [5.74, 6) is 1.13. The number of hydrogen-bond donors (Lipinski definition) is 1. The fourth-order valence-electron chi connectivity index (χ4n) is 2.47. The normalized spacial score (nSPS) is 20.2. The Balaban J connectivity index is 1.72. The van der Waals surface area contributed by atoms with Crippen molar-refractivity contribution < 1.29 is 14.1 Å². The Morgan fingerprint density at radius 3 is 3.05 bits per heavy atom. The van der Waals surface area contributed by atoms with Crippen LogP contribution in [-0.2, 0) is 11.3 Å². The zero-order valence-electron chi connectivity index (χ0n) is 13.0. The highest BCUT2D eigenvalue weighted by molar-refractivity contribution is 5.67. The monoisotopic (exact) mass is 296 g/mol. The molecule has 1 saturated heterocycles. The Bertz CT molecular complexity index is 442. The van der Waals surface area contributed by atoms with Crippen molar-refractivity contribution >= 4 is 6.09 Å². The largest absolute Gasteiger partial charge is 0.444 e. The lowest BCUT2D eigenvalue weighted by Crippen LogP contribution is -2.42. The molecule has 1 fully saturated rings. The van der Waals surface area contributed by atoms with E-state index in [1.54, 1.807) is 0 Å². The Kier molecular flexibility index (Phi) is 5.17. The van der Waals surface area contributed by atoms with Crippen LogP contribution in [0.4, 0.5) is 4.79 Å². The maximum Gasteiger partial charge on any atom is 0.407 e. The van der Waals surface area contributed by atoms with E-state index in [0.29, 0.717) is 24.8 Å². The van der Waals surface area contributed by atoms with Crippen molar-refractivity contribution in [3.63, 3.8) is 0 Å². The smallest absolute Gasteiger partial charge is 0.407 e. The van der Waals surface area contributed by atoms with Crippen LogP contribution < -0.4 is 5.32 Å². The van der Waals surface area contributed by atoms with Crippen molar-refractivity contribution in [3.05, 3.63) is 12.2 Å². The second kappa shape index (κ2) is 6.89. The molecule has 1 aromatic rings. The Morgan fingerprint density at radius 1 is 1.57 bits per heavy atom. The molecule has 1 aliphatic heterocycles. The molecule has 0 aliphatic carbocycles.